The summed E-state index contributed by atoms with van der Waals surface area (Å²) in [5.41, 5.74) is 0. The SMILES string of the molecule is [O-][n+]1ccc2cc(Cl)c(Cl)cc2c1. The summed E-state index contributed by atoms with van der Waals surface area (Å²) in [5.74, 6) is 0. The van der Waals surface area contributed by atoms with Gasteiger partial charge in [-0.25, -0.2) is 0 Å². The third-order valence-electron chi connectivity index (χ3n) is 1.79. The molecule has 0 aliphatic rings. The summed E-state index contributed by atoms with van der Waals surface area (Å²) < 4.78 is 0.729. The second-order valence-corrected chi connectivity index (χ2v) is 3.51. The number of rotatable bonds is 0. The number of hydrogen-bond donors (Lipinski definition) is 0. The van der Waals surface area contributed by atoms with Crippen LogP contribution in [0.15, 0.2) is 30.6 Å². The minimum absolute atomic E-state index is 0.459. The summed E-state index contributed by atoms with van der Waals surface area (Å²) in [6, 6.07) is 5.11. The van der Waals surface area contributed by atoms with Crippen LogP contribution >= 0.6 is 23.2 Å². The van der Waals surface area contributed by atoms with Gasteiger partial charge < -0.3 is 5.21 Å². The first-order valence-corrected chi connectivity index (χ1v) is 4.40. The average molecular weight is 214 g/mol. The van der Waals surface area contributed by atoms with Gasteiger partial charge in [0.05, 0.1) is 10.0 Å². The molecular formula is C9H5Cl2NO. The maximum absolute atomic E-state index is 10.9. The maximum Gasteiger partial charge on any atom is 0.188 e. The molecule has 0 saturated heterocycles. The molecule has 0 N–H and O–H groups in total. The molecule has 0 aliphatic carbocycles. The van der Waals surface area contributed by atoms with Gasteiger partial charge in [-0.15, -0.1) is 0 Å². The smallest absolute Gasteiger partial charge is 0.188 e. The van der Waals surface area contributed by atoms with Crippen molar-refractivity contribution in [2.45, 2.75) is 0 Å². The molecular weight excluding hydrogens is 209 g/mol. The van der Waals surface area contributed by atoms with Crippen LogP contribution in [0.2, 0.25) is 10.0 Å². The number of hydrogen-bond acceptors (Lipinski definition) is 1. The van der Waals surface area contributed by atoms with Crippen molar-refractivity contribution < 1.29 is 4.73 Å². The van der Waals surface area contributed by atoms with Crippen molar-refractivity contribution in [3.63, 3.8) is 0 Å². The fraction of sp³-hybridized carbons (Fsp3) is 0. The van der Waals surface area contributed by atoms with Crippen LogP contribution in [-0.4, -0.2) is 0 Å². The highest BCUT2D eigenvalue weighted by atomic mass is 35.5. The Morgan fingerprint density at radius 3 is 2.38 bits per heavy atom. The van der Waals surface area contributed by atoms with Gasteiger partial charge in [-0.3, -0.25) is 0 Å². The Morgan fingerprint density at radius 1 is 1.08 bits per heavy atom. The van der Waals surface area contributed by atoms with Crippen LogP contribution in [0.1, 0.15) is 0 Å². The molecule has 1 aromatic heterocycles. The Labute approximate surface area is 84.9 Å². The largest absolute Gasteiger partial charge is 0.619 e. The molecule has 0 amide bonds. The molecule has 4 heteroatoms. The van der Waals surface area contributed by atoms with Gasteiger partial charge in [0.15, 0.2) is 12.4 Å². The van der Waals surface area contributed by atoms with E-state index in [1.54, 1.807) is 18.2 Å². The zero-order chi connectivity index (χ0) is 9.42. The van der Waals surface area contributed by atoms with Crippen molar-refractivity contribution in [3.8, 4) is 0 Å². The number of halogens is 2. The summed E-state index contributed by atoms with van der Waals surface area (Å²) >= 11 is 11.6. The summed E-state index contributed by atoms with van der Waals surface area (Å²) in [4.78, 5) is 0. The number of fused-ring (bicyclic) bond motifs is 1. The number of pyridine rings is 1. The van der Waals surface area contributed by atoms with Gasteiger partial charge in [0.1, 0.15) is 0 Å². The van der Waals surface area contributed by atoms with E-state index in [1.807, 2.05) is 0 Å². The summed E-state index contributed by atoms with van der Waals surface area (Å²) in [5, 5.41) is 13.6. The van der Waals surface area contributed by atoms with Gasteiger partial charge in [-0.05, 0) is 17.5 Å². The number of benzene rings is 1. The van der Waals surface area contributed by atoms with E-state index < -0.39 is 0 Å². The van der Waals surface area contributed by atoms with E-state index in [0.717, 1.165) is 15.5 Å². The first-order chi connectivity index (χ1) is 6.16. The highest BCUT2D eigenvalue weighted by Crippen LogP contribution is 2.26. The molecule has 0 unspecified atom stereocenters. The van der Waals surface area contributed by atoms with Crippen LogP contribution in [0.25, 0.3) is 10.8 Å². The van der Waals surface area contributed by atoms with Crippen LogP contribution in [0, 0.1) is 5.21 Å². The lowest BCUT2D eigenvalue weighted by molar-refractivity contribution is -0.603. The molecule has 66 valence electrons. The van der Waals surface area contributed by atoms with Crippen LogP contribution in [0.4, 0.5) is 0 Å². The second-order valence-electron chi connectivity index (χ2n) is 2.70. The second kappa shape index (κ2) is 3.05. The lowest BCUT2D eigenvalue weighted by Crippen LogP contribution is -2.23. The highest BCUT2D eigenvalue weighted by Gasteiger charge is 2.02. The van der Waals surface area contributed by atoms with Gasteiger partial charge in [-0.2, -0.15) is 4.73 Å². The fourth-order valence-corrected chi connectivity index (χ4v) is 1.51. The summed E-state index contributed by atoms with van der Waals surface area (Å²) in [6.45, 7) is 0. The molecule has 0 fully saturated rings. The zero-order valence-corrected chi connectivity index (χ0v) is 8.01. The third kappa shape index (κ3) is 1.55. The van der Waals surface area contributed by atoms with E-state index in [4.69, 9.17) is 23.2 Å². The first-order valence-electron chi connectivity index (χ1n) is 3.64. The molecule has 0 bridgehead atoms. The Balaban J connectivity index is 2.81. The summed E-state index contributed by atoms with van der Waals surface area (Å²) in [7, 11) is 0. The van der Waals surface area contributed by atoms with E-state index in [1.165, 1.54) is 12.4 Å². The fourth-order valence-electron chi connectivity index (χ4n) is 1.17. The predicted octanol–water partition coefficient (Wildman–Crippen LogP) is 2.78. The van der Waals surface area contributed by atoms with E-state index in [9.17, 15) is 5.21 Å². The lowest BCUT2D eigenvalue weighted by Gasteiger charge is -2.00. The van der Waals surface area contributed by atoms with Crippen molar-refractivity contribution in [2.75, 3.05) is 0 Å². The van der Waals surface area contributed by atoms with Crippen molar-refractivity contribution in [2.24, 2.45) is 0 Å². The number of nitrogens with zero attached hydrogens (tertiary/aromatic N) is 1. The van der Waals surface area contributed by atoms with E-state index in [0.29, 0.717) is 10.0 Å². The minimum Gasteiger partial charge on any atom is -0.619 e. The Hall–Kier alpha value is -0.990. The standard InChI is InChI=1S/C9H5Cl2NO/c10-8-3-6-1-2-12(13)5-7(6)4-9(8)11/h1-5H. The molecule has 0 aliphatic heterocycles. The quantitative estimate of drug-likeness (QED) is 0.489. The van der Waals surface area contributed by atoms with Crippen molar-refractivity contribution in [3.05, 3.63) is 45.8 Å². The van der Waals surface area contributed by atoms with E-state index >= 15 is 0 Å². The normalized spacial score (nSPS) is 10.6. The van der Waals surface area contributed by atoms with Gasteiger partial charge in [-0.1, -0.05) is 23.2 Å². The van der Waals surface area contributed by atoms with Gasteiger partial charge in [0.25, 0.3) is 0 Å². The monoisotopic (exact) mass is 213 g/mol. The Kier molecular flexibility index (Phi) is 2.02. The minimum atomic E-state index is 0.459. The lowest BCUT2D eigenvalue weighted by atomic mass is 10.2. The van der Waals surface area contributed by atoms with Gasteiger partial charge >= 0.3 is 0 Å². The first kappa shape index (κ1) is 8.60. The van der Waals surface area contributed by atoms with Crippen molar-refractivity contribution >= 4 is 34.0 Å². The van der Waals surface area contributed by atoms with Crippen molar-refractivity contribution in [1.29, 1.82) is 0 Å². The highest BCUT2D eigenvalue weighted by molar-refractivity contribution is 6.42. The van der Waals surface area contributed by atoms with Crippen LogP contribution in [-0.2, 0) is 0 Å². The third-order valence-corrected chi connectivity index (χ3v) is 2.52. The Morgan fingerprint density at radius 2 is 1.69 bits per heavy atom. The molecule has 0 atom stereocenters. The molecule has 2 nitrogen and oxygen atoms in total. The van der Waals surface area contributed by atoms with Crippen LogP contribution in [0.5, 0.6) is 0 Å². The molecule has 1 aromatic carbocycles. The summed E-state index contributed by atoms with van der Waals surface area (Å²) in [6.07, 6.45) is 2.88. The van der Waals surface area contributed by atoms with Gasteiger partial charge in [0.2, 0.25) is 0 Å². The molecule has 2 aromatic rings. The van der Waals surface area contributed by atoms with E-state index in [2.05, 4.69) is 0 Å². The van der Waals surface area contributed by atoms with E-state index in [-0.39, 0.29) is 0 Å². The molecule has 0 radical (unpaired) electrons. The van der Waals surface area contributed by atoms with Gasteiger partial charge in [0, 0.05) is 11.5 Å². The maximum atomic E-state index is 10.9. The topological polar surface area (TPSA) is 26.9 Å². The van der Waals surface area contributed by atoms with Crippen LogP contribution < -0.4 is 4.73 Å². The Bertz CT molecular complexity index is 470. The molecule has 2 rings (SSSR count). The van der Waals surface area contributed by atoms with Crippen LogP contribution in [0.3, 0.4) is 0 Å². The molecule has 13 heavy (non-hydrogen) atoms. The number of aromatic nitrogens is 1. The zero-order valence-electron chi connectivity index (χ0n) is 6.50. The molecule has 0 spiro atoms. The van der Waals surface area contributed by atoms with Crippen molar-refractivity contribution in [1.82, 2.24) is 0 Å². The molecule has 0 saturated carbocycles. The average Bonchev–Trinajstić information content (AvgIpc) is 2.08. The predicted molar refractivity (Wildman–Crippen MR) is 52.9 cm³/mol. The molecule has 1 heterocycles.